The van der Waals surface area contributed by atoms with Crippen LogP contribution in [0.15, 0.2) is 28.7 Å². The first kappa shape index (κ1) is 15.2. The van der Waals surface area contributed by atoms with Gasteiger partial charge in [-0.25, -0.2) is 0 Å². The molecule has 1 atom stereocenters. The second-order valence-electron chi connectivity index (χ2n) is 4.57. The number of nitrogens with zero attached hydrogens (tertiary/aromatic N) is 1. The minimum Gasteiger partial charge on any atom is -0.340 e. The molecule has 1 rings (SSSR count). The second kappa shape index (κ2) is 7.54. The molecule has 0 fully saturated rings. The van der Waals surface area contributed by atoms with Crippen LogP contribution in [0.5, 0.6) is 0 Å². The Balaban J connectivity index is 2.51. The van der Waals surface area contributed by atoms with Gasteiger partial charge < -0.3 is 10.6 Å². The van der Waals surface area contributed by atoms with Gasteiger partial charge in [0, 0.05) is 18.1 Å². The molecule has 1 aromatic rings. The van der Waals surface area contributed by atoms with Crippen LogP contribution in [0.2, 0.25) is 0 Å². The molecular weight excluding hydrogens is 292 g/mol. The third-order valence-corrected chi connectivity index (χ3v) is 3.42. The van der Waals surface area contributed by atoms with Crippen molar-refractivity contribution in [2.45, 2.75) is 38.8 Å². The summed E-state index contributed by atoms with van der Waals surface area (Å²) in [5.41, 5.74) is 6.99. The van der Waals surface area contributed by atoms with Crippen LogP contribution in [-0.2, 0) is 11.3 Å². The lowest BCUT2D eigenvalue weighted by Crippen LogP contribution is -2.41. The maximum atomic E-state index is 12.0. The van der Waals surface area contributed by atoms with Gasteiger partial charge in [-0.15, -0.1) is 0 Å². The van der Waals surface area contributed by atoms with Gasteiger partial charge in [-0.3, -0.25) is 4.79 Å². The average Bonchev–Trinajstić information content (AvgIpc) is 2.37. The summed E-state index contributed by atoms with van der Waals surface area (Å²) in [5, 5.41) is 0. The molecule has 0 aliphatic carbocycles. The molecule has 0 saturated heterocycles. The van der Waals surface area contributed by atoms with E-state index in [-0.39, 0.29) is 11.9 Å². The molecule has 0 aromatic heterocycles. The molecule has 1 amide bonds. The minimum atomic E-state index is -0.370. The van der Waals surface area contributed by atoms with Crippen molar-refractivity contribution < 1.29 is 4.79 Å². The summed E-state index contributed by atoms with van der Waals surface area (Å²) < 4.78 is 1.04. The zero-order valence-corrected chi connectivity index (χ0v) is 12.6. The number of amides is 1. The Morgan fingerprint density at radius 3 is 2.56 bits per heavy atom. The molecule has 2 N–H and O–H groups in total. The van der Waals surface area contributed by atoms with Gasteiger partial charge in [0.25, 0.3) is 0 Å². The van der Waals surface area contributed by atoms with Gasteiger partial charge >= 0.3 is 0 Å². The fourth-order valence-electron chi connectivity index (χ4n) is 1.77. The van der Waals surface area contributed by atoms with Crippen molar-refractivity contribution in [1.82, 2.24) is 4.90 Å². The number of carbonyl (C=O) groups excluding carboxylic acids is 1. The summed E-state index contributed by atoms with van der Waals surface area (Å²) >= 11 is 3.39. The van der Waals surface area contributed by atoms with Gasteiger partial charge in [0.2, 0.25) is 5.91 Å². The number of halogens is 1. The molecule has 3 nitrogen and oxygen atoms in total. The van der Waals surface area contributed by atoms with E-state index in [1.807, 2.05) is 24.3 Å². The number of nitrogens with two attached hydrogens (primary N) is 1. The van der Waals surface area contributed by atoms with Gasteiger partial charge in [0.15, 0.2) is 0 Å². The number of benzene rings is 1. The van der Waals surface area contributed by atoms with E-state index in [1.165, 1.54) is 0 Å². The number of rotatable bonds is 6. The van der Waals surface area contributed by atoms with Crippen LogP contribution in [0, 0.1) is 0 Å². The molecule has 4 heteroatoms. The molecule has 0 aliphatic heterocycles. The predicted molar refractivity (Wildman–Crippen MR) is 78.1 cm³/mol. The smallest absolute Gasteiger partial charge is 0.239 e. The number of carbonyl (C=O) groups is 1. The van der Waals surface area contributed by atoms with Gasteiger partial charge in [-0.1, -0.05) is 47.8 Å². The lowest BCUT2D eigenvalue weighted by Gasteiger charge is -2.21. The van der Waals surface area contributed by atoms with Crippen molar-refractivity contribution in [2.24, 2.45) is 5.73 Å². The molecule has 0 radical (unpaired) electrons. The minimum absolute atomic E-state index is 0.0198. The van der Waals surface area contributed by atoms with Crippen molar-refractivity contribution in [3.8, 4) is 0 Å². The van der Waals surface area contributed by atoms with E-state index in [4.69, 9.17) is 5.73 Å². The number of hydrogen-bond donors (Lipinski definition) is 1. The Morgan fingerprint density at radius 2 is 2.00 bits per heavy atom. The van der Waals surface area contributed by atoms with Crippen LogP contribution >= 0.6 is 15.9 Å². The largest absolute Gasteiger partial charge is 0.340 e. The summed E-state index contributed by atoms with van der Waals surface area (Å²) in [5.74, 6) is 0.0198. The lowest BCUT2D eigenvalue weighted by atomic mass is 10.1. The molecule has 100 valence electrons. The van der Waals surface area contributed by atoms with Crippen molar-refractivity contribution in [1.29, 1.82) is 0 Å². The first-order valence-electron chi connectivity index (χ1n) is 6.29. The van der Waals surface area contributed by atoms with Crippen molar-refractivity contribution >= 4 is 21.8 Å². The Hall–Kier alpha value is -0.870. The summed E-state index contributed by atoms with van der Waals surface area (Å²) in [6.45, 7) is 2.70. The third kappa shape index (κ3) is 4.78. The van der Waals surface area contributed by atoms with Crippen LogP contribution in [0.1, 0.15) is 31.7 Å². The summed E-state index contributed by atoms with van der Waals surface area (Å²) in [6, 6.07) is 7.59. The van der Waals surface area contributed by atoms with Crippen molar-refractivity contribution in [3.05, 3.63) is 34.3 Å². The molecule has 1 aromatic carbocycles. The first-order valence-corrected chi connectivity index (χ1v) is 7.09. The molecular formula is C14H21BrN2O. The van der Waals surface area contributed by atoms with Crippen LogP contribution in [0.3, 0.4) is 0 Å². The summed E-state index contributed by atoms with van der Waals surface area (Å²) in [7, 11) is 1.80. The van der Waals surface area contributed by atoms with E-state index >= 15 is 0 Å². The van der Waals surface area contributed by atoms with Crippen LogP contribution in [0.4, 0.5) is 0 Å². The predicted octanol–water partition coefficient (Wildman–Crippen LogP) is 2.93. The molecule has 0 bridgehead atoms. The fourth-order valence-corrected chi connectivity index (χ4v) is 2.04. The number of likely N-dealkylation sites (N-methyl/N-ethyl adjacent to an activating group) is 1. The van der Waals surface area contributed by atoms with Crippen molar-refractivity contribution in [3.63, 3.8) is 0 Å². The average molecular weight is 313 g/mol. The highest BCUT2D eigenvalue weighted by atomic mass is 79.9. The summed E-state index contributed by atoms with van der Waals surface area (Å²) in [6.07, 6.45) is 2.83. The Morgan fingerprint density at radius 1 is 1.39 bits per heavy atom. The third-order valence-electron chi connectivity index (χ3n) is 2.90. The van der Waals surface area contributed by atoms with E-state index in [1.54, 1.807) is 11.9 Å². The molecule has 0 spiro atoms. The maximum absolute atomic E-state index is 12.0. The Bertz CT molecular complexity index is 378. The fraction of sp³-hybridized carbons (Fsp3) is 0.500. The van der Waals surface area contributed by atoms with Gasteiger partial charge in [0.1, 0.15) is 0 Å². The molecule has 0 heterocycles. The second-order valence-corrected chi connectivity index (χ2v) is 5.49. The highest BCUT2D eigenvalue weighted by Crippen LogP contribution is 2.12. The maximum Gasteiger partial charge on any atom is 0.239 e. The zero-order valence-electron chi connectivity index (χ0n) is 11.0. The van der Waals surface area contributed by atoms with E-state index in [0.29, 0.717) is 6.54 Å². The topological polar surface area (TPSA) is 46.3 Å². The highest BCUT2D eigenvalue weighted by Gasteiger charge is 2.17. The van der Waals surface area contributed by atoms with Gasteiger partial charge in [-0.05, 0) is 24.1 Å². The first-order chi connectivity index (χ1) is 8.54. The highest BCUT2D eigenvalue weighted by molar-refractivity contribution is 9.10. The van der Waals surface area contributed by atoms with Crippen LogP contribution in [0.25, 0.3) is 0 Å². The van der Waals surface area contributed by atoms with Gasteiger partial charge in [-0.2, -0.15) is 0 Å². The SMILES string of the molecule is CCCC[C@H](N)C(=O)N(C)Cc1ccc(Br)cc1. The number of unbranched alkanes of at least 4 members (excludes halogenated alkanes) is 1. The zero-order chi connectivity index (χ0) is 13.5. The normalized spacial score (nSPS) is 12.2. The molecule has 0 saturated carbocycles. The van der Waals surface area contributed by atoms with E-state index < -0.39 is 0 Å². The van der Waals surface area contributed by atoms with E-state index in [0.717, 1.165) is 29.3 Å². The van der Waals surface area contributed by atoms with Crippen molar-refractivity contribution in [2.75, 3.05) is 7.05 Å². The standard InChI is InChI=1S/C14H21BrN2O/c1-3-4-5-13(16)14(18)17(2)10-11-6-8-12(15)9-7-11/h6-9,13H,3-5,10,16H2,1-2H3/t13-/m0/s1. The lowest BCUT2D eigenvalue weighted by molar-refractivity contribution is -0.132. The van der Waals surface area contributed by atoms with Crippen LogP contribution < -0.4 is 5.73 Å². The molecule has 18 heavy (non-hydrogen) atoms. The quantitative estimate of drug-likeness (QED) is 0.878. The monoisotopic (exact) mass is 312 g/mol. The molecule has 0 unspecified atom stereocenters. The van der Waals surface area contributed by atoms with Crippen LogP contribution in [-0.4, -0.2) is 23.9 Å². The Kier molecular flexibility index (Phi) is 6.36. The van der Waals surface area contributed by atoms with E-state index in [9.17, 15) is 4.79 Å². The molecule has 0 aliphatic rings. The van der Waals surface area contributed by atoms with Gasteiger partial charge in [0.05, 0.1) is 6.04 Å². The van der Waals surface area contributed by atoms with E-state index in [2.05, 4.69) is 22.9 Å². The Labute approximate surface area is 117 Å². The summed E-state index contributed by atoms with van der Waals surface area (Å²) in [4.78, 5) is 13.7. The number of hydrogen-bond acceptors (Lipinski definition) is 2.